The van der Waals surface area contributed by atoms with Gasteiger partial charge in [0, 0.05) is 17.3 Å². The van der Waals surface area contributed by atoms with Crippen molar-refractivity contribution in [3.63, 3.8) is 0 Å². The first-order valence-corrected chi connectivity index (χ1v) is 11.8. The molecule has 2 aliphatic heterocycles. The van der Waals surface area contributed by atoms with E-state index in [-0.39, 0.29) is 12.8 Å². The zero-order valence-corrected chi connectivity index (χ0v) is 20.4. The van der Waals surface area contributed by atoms with Crippen molar-refractivity contribution < 1.29 is 18.7 Å². The molecule has 0 amide bonds. The molecule has 0 aliphatic carbocycles. The monoisotopic (exact) mass is 498 g/mol. The quantitative estimate of drug-likeness (QED) is 0.367. The van der Waals surface area contributed by atoms with Crippen molar-refractivity contribution in [1.29, 1.82) is 0 Å². The summed E-state index contributed by atoms with van der Waals surface area (Å²) in [5, 5.41) is 8.30. The zero-order chi connectivity index (χ0) is 24.6. The average Bonchev–Trinajstić information content (AvgIpc) is 3.59. The molecule has 3 heterocycles. The molecule has 0 saturated carbocycles. The van der Waals surface area contributed by atoms with Gasteiger partial charge in [-0.3, -0.25) is 4.90 Å². The molecule has 0 radical (unpaired) electrons. The Labute approximate surface area is 213 Å². The molecule has 0 saturated heterocycles. The van der Waals surface area contributed by atoms with E-state index in [9.17, 15) is 0 Å². The van der Waals surface area contributed by atoms with Gasteiger partial charge in [0.1, 0.15) is 5.75 Å². The molecule has 1 atom stereocenters. The Bertz CT molecular complexity index is 1480. The van der Waals surface area contributed by atoms with E-state index >= 15 is 0 Å². The number of nitrogens with one attached hydrogen (secondary N) is 1. The van der Waals surface area contributed by atoms with E-state index in [1.807, 2.05) is 84.6 Å². The van der Waals surface area contributed by atoms with Crippen LogP contribution in [-0.2, 0) is 0 Å². The number of benzene rings is 3. The predicted molar refractivity (Wildman–Crippen MR) is 139 cm³/mol. The molecular weight excluding hydrogens is 476 g/mol. The molecule has 0 spiro atoms. The number of allylic oxidation sites excluding steroid dienone is 1. The fourth-order valence-electron chi connectivity index (χ4n) is 4.46. The minimum absolute atomic E-state index is 0.201. The van der Waals surface area contributed by atoms with Gasteiger partial charge in [-0.25, -0.2) is 0 Å². The summed E-state index contributed by atoms with van der Waals surface area (Å²) in [5.74, 6) is 2.97. The smallest absolute Gasteiger partial charge is 0.258 e. The fraction of sp³-hybridized carbons (Fsp3) is 0.148. The summed E-state index contributed by atoms with van der Waals surface area (Å²) in [6, 6.07) is 23.1. The first-order chi connectivity index (χ1) is 17.6. The summed E-state index contributed by atoms with van der Waals surface area (Å²) < 4.78 is 22.3. The maximum Gasteiger partial charge on any atom is 0.258 e. The molecule has 4 aromatic rings. The van der Waals surface area contributed by atoms with E-state index in [4.69, 9.17) is 35.9 Å². The highest BCUT2D eigenvalue weighted by atomic mass is 32.1. The van der Waals surface area contributed by atoms with Crippen molar-refractivity contribution in [3.05, 3.63) is 89.9 Å². The van der Waals surface area contributed by atoms with Crippen LogP contribution in [0.25, 0.3) is 17.0 Å². The first kappa shape index (κ1) is 22.1. The summed E-state index contributed by atoms with van der Waals surface area (Å²) in [6.45, 7) is 2.20. The Morgan fingerprint density at radius 2 is 1.83 bits per heavy atom. The molecular formula is C27H22N4O4S. The van der Waals surface area contributed by atoms with E-state index in [0.29, 0.717) is 28.3 Å². The van der Waals surface area contributed by atoms with Gasteiger partial charge in [0.05, 0.1) is 24.4 Å². The van der Waals surface area contributed by atoms with E-state index in [1.54, 1.807) is 7.11 Å². The lowest BCUT2D eigenvalue weighted by atomic mass is 9.94. The molecule has 3 aromatic carbocycles. The summed E-state index contributed by atoms with van der Waals surface area (Å²) >= 11 is 5.83. The van der Waals surface area contributed by atoms with Crippen LogP contribution < -0.4 is 24.4 Å². The molecule has 1 unspecified atom stereocenters. The minimum Gasteiger partial charge on any atom is -0.497 e. The van der Waals surface area contributed by atoms with Crippen LogP contribution in [0.2, 0.25) is 0 Å². The third-order valence-electron chi connectivity index (χ3n) is 6.22. The molecule has 180 valence electrons. The van der Waals surface area contributed by atoms with Gasteiger partial charge in [0.2, 0.25) is 12.6 Å². The highest BCUT2D eigenvalue weighted by Crippen LogP contribution is 2.42. The van der Waals surface area contributed by atoms with Crippen molar-refractivity contribution in [3.8, 4) is 28.6 Å². The van der Waals surface area contributed by atoms with Crippen molar-refractivity contribution >= 4 is 28.6 Å². The minimum atomic E-state index is -0.275. The normalized spacial score (nSPS) is 16.8. The lowest BCUT2D eigenvalue weighted by Gasteiger charge is -2.37. The van der Waals surface area contributed by atoms with E-state index in [0.717, 1.165) is 33.8 Å². The number of nitrogens with zero attached hydrogens (tertiary/aromatic N) is 3. The third-order valence-corrected chi connectivity index (χ3v) is 6.52. The fourth-order valence-corrected chi connectivity index (χ4v) is 4.82. The molecule has 6 rings (SSSR count). The second-order valence-electron chi connectivity index (χ2n) is 8.32. The van der Waals surface area contributed by atoms with Crippen molar-refractivity contribution in [2.75, 3.05) is 18.8 Å². The van der Waals surface area contributed by atoms with Crippen LogP contribution in [0.1, 0.15) is 24.4 Å². The lowest BCUT2D eigenvalue weighted by Crippen LogP contribution is -2.46. The zero-order valence-electron chi connectivity index (χ0n) is 19.6. The molecule has 36 heavy (non-hydrogen) atoms. The number of anilines is 1. The maximum atomic E-state index is 5.83. The molecule has 9 heteroatoms. The molecule has 0 bridgehead atoms. The second kappa shape index (κ2) is 9.01. The SMILES string of the molecule is COc1cccc(-c2noc(C3=C(C)N(c4ccc5c(c4)OCO5)C(=S)NC3c3ccccc3)n2)c1. The second-order valence-corrected chi connectivity index (χ2v) is 8.71. The Morgan fingerprint density at radius 1 is 1.00 bits per heavy atom. The Hall–Kier alpha value is -4.37. The standard InChI is InChI=1S/C27H22N4O4S/c1-16-23(26-29-25(30-35-26)18-9-6-10-20(13-18)32-2)24(17-7-4-3-5-8-17)28-27(36)31(16)19-11-12-21-22(14-19)34-15-33-21/h3-14,24H,15H2,1-2H3,(H,28,36). The lowest BCUT2D eigenvalue weighted by molar-refractivity contribution is 0.174. The number of rotatable bonds is 5. The molecule has 0 fully saturated rings. The largest absolute Gasteiger partial charge is 0.497 e. The Balaban J connectivity index is 1.47. The van der Waals surface area contributed by atoms with Crippen LogP contribution in [0.15, 0.2) is 83.0 Å². The van der Waals surface area contributed by atoms with Gasteiger partial charge < -0.3 is 24.1 Å². The van der Waals surface area contributed by atoms with Crippen LogP contribution in [0.5, 0.6) is 17.2 Å². The van der Waals surface area contributed by atoms with E-state index < -0.39 is 0 Å². The number of thiocarbonyl (C=S) groups is 1. The molecule has 8 nitrogen and oxygen atoms in total. The van der Waals surface area contributed by atoms with Gasteiger partial charge in [0.15, 0.2) is 16.6 Å². The third kappa shape index (κ3) is 3.83. The maximum absolute atomic E-state index is 5.83. The van der Waals surface area contributed by atoms with Crippen LogP contribution in [-0.4, -0.2) is 29.2 Å². The molecule has 1 N–H and O–H groups in total. The number of aromatic nitrogens is 2. The highest BCUT2D eigenvalue weighted by Gasteiger charge is 2.35. The number of fused-ring (bicyclic) bond motifs is 1. The van der Waals surface area contributed by atoms with Gasteiger partial charge in [-0.05, 0) is 49.0 Å². The van der Waals surface area contributed by atoms with Crippen LogP contribution in [0, 0.1) is 0 Å². The van der Waals surface area contributed by atoms with Crippen LogP contribution in [0.3, 0.4) is 0 Å². The Kier molecular flexibility index (Phi) is 5.54. The van der Waals surface area contributed by atoms with Crippen LogP contribution in [0.4, 0.5) is 5.69 Å². The van der Waals surface area contributed by atoms with Crippen LogP contribution >= 0.6 is 12.2 Å². The average molecular weight is 499 g/mol. The van der Waals surface area contributed by atoms with Crippen molar-refractivity contribution in [1.82, 2.24) is 15.5 Å². The molecule has 1 aromatic heterocycles. The summed E-state index contributed by atoms with van der Waals surface area (Å²) in [4.78, 5) is 6.72. The predicted octanol–water partition coefficient (Wildman–Crippen LogP) is 5.34. The Morgan fingerprint density at radius 3 is 2.67 bits per heavy atom. The topological polar surface area (TPSA) is 81.9 Å². The van der Waals surface area contributed by atoms with Gasteiger partial charge in [-0.2, -0.15) is 4.98 Å². The summed E-state index contributed by atoms with van der Waals surface area (Å²) in [7, 11) is 1.63. The number of methoxy groups -OCH3 is 1. The van der Waals surface area contributed by atoms with Crippen molar-refractivity contribution in [2.24, 2.45) is 0 Å². The van der Waals surface area contributed by atoms with E-state index in [2.05, 4.69) is 10.5 Å². The summed E-state index contributed by atoms with van der Waals surface area (Å²) in [5.41, 5.74) is 4.36. The number of hydrogen-bond acceptors (Lipinski definition) is 7. The number of ether oxygens (including phenoxy) is 3. The first-order valence-electron chi connectivity index (χ1n) is 11.4. The van der Waals surface area contributed by atoms with Gasteiger partial charge in [-0.1, -0.05) is 47.6 Å². The van der Waals surface area contributed by atoms with E-state index in [1.165, 1.54) is 0 Å². The number of hydrogen-bond donors (Lipinski definition) is 1. The molecule has 2 aliphatic rings. The highest BCUT2D eigenvalue weighted by molar-refractivity contribution is 7.80. The van der Waals surface area contributed by atoms with Gasteiger partial charge in [-0.15, -0.1) is 0 Å². The van der Waals surface area contributed by atoms with Gasteiger partial charge in [0.25, 0.3) is 5.89 Å². The summed E-state index contributed by atoms with van der Waals surface area (Å²) in [6.07, 6.45) is 0. The van der Waals surface area contributed by atoms with Gasteiger partial charge >= 0.3 is 0 Å². The van der Waals surface area contributed by atoms with Crippen molar-refractivity contribution in [2.45, 2.75) is 13.0 Å².